The Morgan fingerprint density at radius 2 is 2.10 bits per heavy atom. The van der Waals surface area contributed by atoms with E-state index >= 15 is 0 Å². The molecule has 0 fully saturated rings. The molecule has 116 valence electrons. The predicted octanol–water partition coefficient (Wildman–Crippen LogP) is 2.89. The molecule has 1 atom stereocenters. The van der Waals surface area contributed by atoms with Gasteiger partial charge >= 0.3 is 0 Å². The predicted molar refractivity (Wildman–Crippen MR) is 84.8 cm³/mol. The van der Waals surface area contributed by atoms with Gasteiger partial charge in [-0.05, 0) is 31.5 Å². The minimum absolute atomic E-state index is 0.0556. The molecule has 0 aliphatic rings. The summed E-state index contributed by atoms with van der Waals surface area (Å²) >= 11 is 0. The van der Waals surface area contributed by atoms with Crippen molar-refractivity contribution in [3.63, 3.8) is 0 Å². The third-order valence-electron chi connectivity index (χ3n) is 3.43. The molecule has 0 spiro atoms. The van der Waals surface area contributed by atoms with E-state index in [-0.39, 0.29) is 10.6 Å². The van der Waals surface area contributed by atoms with Crippen molar-refractivity contribution in [2.45, 2.75) is 50.5 Å². The number of sulfone groups is 1. The van der Waals surface area contributed by atoms with Crippen molar-refractivity contribution in [1.29, 1.82) is 5.26 Å². The summed E-state index contributed by atoms with van der Waals surface area (Å²) in [6, 6.07) is 8.47. The average molecular weight is 308 g/mol. The molecule has 4 nitrogen and oxygen atoms in total. The van der Waals surface area contributed by atoms with Crippen LogP contribution in [0.4, 0.5) is 0 Å². The second kappa shape index (κ2) is 8.81. The van der Waals surface area contributed by atoms with Crippen LogP contribution >= 0.6 is 0 Å². The number of rotatable bonds is 9. The maximum atomic E-state index is 12.2. The van der Waals surface area contributed by atoms with Crippen molar-refractivity contribution in [3.05, 3.63) is 29.8 Å². The molecule has 0 aliphatic carbocycles. The van der Waals surface area contributed by atoms with Gasteiger partial charge in [0.05, 0.1) is 22.3 Å². The summed E-state index contributed by atoms with van der Waals surface area (Å²) in [5, 5.41) is 12.1. The Morgan fingerprint density at radius 3 is 2.76 bits per heavy atom. The first-order valence-corrected chi connectivity index (χ1v) is 9.11. The van der Waals surface area contributed by atoms with Crippen LogP contribution in [-0.2, 0) is 9.84 Å². The smallest absolute Gasteiger partial charge is 0.179 e. The van der Waals surface area contributed by atoms with Gasteiger partial charge in [0.1, 0.15) is 0 Å². The van der Waals surface area contributed by atoms with E-state index in [2.05, 4.69) is 19.2 Å². The van der Waals surface area contributed by atoms with Crippen molar-refractivity contribution in [1.82, 2.24) is 5.32 Å². The number of hydrogen-bond donors (Lipinski definition) is 1. The first-order chi connectivity index (χ1) is 9.99. The molecule has 0 radical (unpaired) electrons. The van der Waals surface area contributed by atoms with Crippen LogP contribution in [0.15, 0.2) is 29.2 Å². The molecule has 1 rings (SSSR count). The zero-order valence-electron chi connectivity index (χ0n) is 12.8. The summed E-state index contributed by atoms with van der Waals surface area (Å²) in [5.41, 5.74) is 0.372. The lowest BCUT2D eigenvalue weighted by molar-refractivity contribution is 0.498. The maximum absolute atomic E-state index is 12.2. The summed E-state index contributed by atoms with van der Waals surface area (Å²) in [6.07, 6.45) is 4.64. The van der Waals surface area contributed by atoms with Crippen LogP contribution in [0.2, 0.25) is 0 Å². The molecule has 1 N–H and O–H groups in total. The molecule has 0 bridgehead atoms. The van der Waals surface area contributed by atoms with Crippen molar-refractivity contribution < 1.29 is 8.42 Å². The quantitative estimate of drug-likeness (QED) is 0.712. The van der Waals surface area contributed by atoms with Gasteiger partial charge in [0.25, 0.3) is 0 Å². The number of benzene rings is 1. The molecular weight excluding hydrogens is 284 g/mol. The van der Waals surface area contributed by atoms with Gasteiger partial charge in [-0.2, -0.15) is 5.26 Å². The van der Waals surface area contributed by atoms with E-state index in [9.17, 15) is 8.42 Å². The molecule has 1 aromatic rings. The second-order valence-corrected chi connectivity index (χ2v) is 7.42. The summed E-state index contributed by atoms with van der Waals surface area (Å²) in [6.45, 7) is 4.69. The van der Waals surface area contributed by atoms with Crippen LogP contribution < -0.4 is 5.32 Å². The van der Waals surface area contributed by atoms with E-state index in [0.717, 1.165) is 6.42 Å². The van der Waals surface area contributed by atoms with Crippen molar-refractivity contribution in [3.8, 4) is 6.07 Å². The topological polar surface area (TPSA) is 70.0 Å². The Kier molecular flexibility index (Phi) is 7.41. The highest BCUT2D eigenvalue weighted by Gasteiger charge is 2.15. The van der Waals surface area contributed by atoms with Gasteiger partial charge in [0, 0.05) is 12.6 Å². The van der Waals surface area contributed by atoms with Gasteiger partial charge in [-0.1, -0.05) is 32.3 Å². The third-order valence-corrected chi connectivity index (χ3v) is 5.14. The number of hydrogen-bond acceptors (Lipinski definition) is 4. The van der Waals surface area contributed by atoms with E-state index in [1.807, 2.05) is 6.07 Å². The first-order valence-electron chi connectivity index (χ1n) is 7.46. The highest BCUT2D eigenvalue weighted by atomic mass is 32.2. The van der Waals surface area contributed by atoms with Crippen LogP contribution in [0.25, 0.3) is 0 Å². The molecule has 1 aromatic carbocycles. The fourth-order valence-electron chi connectivity index (χ4n) is 2.12. The summed E-state index contributed by atoms with van der Waals surface area (Å²) in [7, 11) is -3.33. The Morgan fingerprint density at radius 1 is 1.33 bits per heavy atom. The van der Waals surface area contributed by atoms with E-state index in [1.54, 1.807) is 18.2 Å². The van der Waals surface area contributed by atoms with Crippen LogP contribution in [-0.4, -0.2) is 26.8 Å². The fourth-order valence-corrected chi connectivity index (χ4v) is 3.33. The van der Waals surface area contributed by atoms with Crippen LogP contribution in [0.5, 0.6) is 0 Å². The molecule has 0 saturated carbocycles. The highest BCUT2D eigenvalue weighted by molar-refractivity contribution is 7.91. The maximum Gasteiger partial charge on any atom is 0.179 e. The minimum atomic E-state index is -3.33. The van der Waals surface area contributed by atoms with Crippen LogP contribution in [0.1, 0.15) is 45.1 Å². The Balaban J connectivity index is 2.48. The van der Waals surface area contributed by atoms with Crippen LogP contribution in [0.3, 0.4) is 0 Å². The van der Waals surface area contributed by atoms with Gasteiger partial charge < -0.3 is 5.32 Å². The normalized spacial score (nSPS) is 12.8. The molecule has 5 heteroatoms. The lowest BCUT2D eigenvalue weighted by Gasteiger charge is -2.13. The number of nitriles is 1. The van der Waals surface area contributed by atoms with Crippen molar-refractivity contribution in [2.24, 2.45) is 0 Å². The molecule has 0 saturated heterocycles. The molecule has 21 heavy (non-hydrogen) atoms. The SMILES string of the molecule is CCCCCC(C)NCCS(=O)(=O)c1cccc(C#N)c1. The van der Waals surface area contributed by atoms with Gasteiger partial charge in [0.15, 0.2) is 9.84 Å². The van der Waals surface area contributed by atoms with E-state index in [1.165, 1.54) is 25.3 Å². The van der Waals surface area contributed by atoms with Gasteiger partial charge in [-0.15, -0.1) is 0 Å². The molecule has 0 heterocycles. The zero-order chi connectivity index (χ0) is 15.7. The van der Waals surface area contributed by atoms with Gasteiger partial charge in [-0.3, -0.25) is 0 Å². The summed E-state index contributed by atoms with van der Waals surface area (Å²) in [4.78, 5) is 0.224. The third kappa shape index (κ3) is 6.28. The summed E-state index contributed by atoms with van der Waals surface area (Å²) < 4.78 is 24.4. The monoisotopic (exact) mass is 308 g/mol. The van der Waals surface area contributed by atoms with Crippen LogP contribution in [0, 0.1) is 11.3 Å². The zero-order valence-corrected chi connectivity index (χ0v) is 13.6. The first kappa shape index (κ1) is 17.7. The lowest BCUT2D eigenvalue weighted by Crippen LogP contribution is -2.31. The van der Waals surface area contributed by atoms with Gasteiger partial charge in [-0.25, -0.2) is 8.42 Å². The Labute approximate surface area is 128 Å². The molecule has 0 amide bonds. The lowest BCUT2D eigenvalue weighted by atomic mass is 10.1. The Bertz CT molecular complexity index is 576. The summed E-state index contributed by atoms with van der Waals surface area (Å²) in [5.74, 6) is 0.0556. The number of unbranched alkanes of at least 4 members (excludes halogenated alkanes) is 2. The molecule has 1 unspecified atom stereocenters. The average Bonchev–Trinajstić information content (AvgIpc) is 2.47. The van der Waals surface area contributed by atoms with Crippen molar-refractivity contribution >= 4 is 9.84 Å². The van der Waals surface area contributed by atoms with E-state index < -0.39 is 9.84 Å². The Hall–Kier alpha value is -1.38. The standard InChI is InChI=1S/C16H24N2O2S/c1-3-4-5-7-14(2)18-10-11-21(19,20)16-9-6-8-15(12-16)13-17/h6,8-9,12,14,18H,3-5,7,10-11H2,1-2H3. The molecule has 0 aromatic heterocycles. The highest BCUT2D eigenvalue weighted by Crippen LogP contribution is 2.12. The number of nitrogens with one attached hydrogen (secondary N) is 1. The van der Waals surface area contributed by atoms with E-state index in [0.29, 0.717) is 18.2 Å². The molecule has 0 aliphatic heterocycles. The minimum Gasteiger partial charge on any atom is -0.313 e. The van der Waals surface area contributed by atoms with Gasteiger partial charge in [0.2, 0.25) is 0 Å². The number of nitrogens with zero attached hydrogens (tertiary/aromatic N) is 1. The molecular formula is C16H24N2O2S. The fraction of sp³-hybridized carbons (Fsp3) is 0.562. The van der Waals surface area contributed by atoms with Crippen molar-refractivity contribution in [2.75, 3.05) is 12.3 Å². The largest absolute Gasteiger partial charge is 0.313 e. The second-order valence-electron chi connectivity index (χ2n) is 5.31. The van der Waals surface area contributed by atoms with E-state index in [4.69, 9.17) is 5.26 Å².